The summed E-state index contributed by atoms with van der Waals surface area (Å²) in [5.74, 6) is -0.624. The third-order valence-electron chi connectivity index (χ3n) is 2.02. The number of halogens is 1. The standard InChI is InChI=1S/C11H8ClN3O2/c12-7-1-2-9(10(16)3-7)11(17)15-8-4-13-6-14-5-8/h1-6,16H,(H,15,17). The van der Waals surface area contributed by atoms with Gasteiger partial charge >= 0.3 is 0 Å². The van der Waals surface area contributed by atoms with Crippen LogP contribution in [0.15, 0.2) is 36.9 Å². The Morgan fingerprint density at radius 1 is 1.29 bits per heavy atom. The second-order valence-electron chi connectivity index (χ2n) is 3.24. The molecule has 2 aromatic rings. The number of nitrogens with one attached hydrogen (secondary N) is 1. The van der Waals surface area contributed by atoms with Crippen LogP contribution < -0.4 is 5.32 Å². The topological polar surface area (TPSA) is 75.1 Å². The lowest BCUT2D eigenvalue weighted by molar-refractivity contribution is 0.102. The van der Waals surface area contributed by atoms with Gasteiger partial charge in [0.2, 0.25) is 0 Å². The van der Waals surface area contributed by atoms with E-state index in [0.29, 0.717) is 10.7 Å². The maximum atomic E-state index is 11.8. The Hall–Kier alpha value is -2.14. The first kappa shape index (κ1) is 11.3. The molecule has 2 N–H and O–H groups in total. The van der Waals surface area contributed by atoms with Crippen molar-refractivity contribution in [3.05, 3.63) is 47.5 Å². The summed E-state index contributed by atoms with van der Waals surface area (Å²) in [4.78, 5) is 19.3. The number of carbonyl (C=O) groups is 1. The largest absolute Gasteiger partial charge is 0.507 e. The van der Waals surface area contributed by atoms with Crippen LogP contribution in [-0.4, -0.2) is 21.0 Å². The number of nitrogens with zero attached hydrogens (tertiary/aromatic N) is 2. The van der Waals surface area contributed by atoms with Crippen LogP contribution in [0.1, 0.15) is 10.4 Å². The molecule has 0 saturated heterocycles. The predicted molar refractivity (Wildman–Crippen MR) is 63.1 cm³/mol. The molecule has 86 valence electrons. The number of aromatic hydroxyl groups is 1. The molecule has 1 aromatic carbocycles. The van der Waals surface area contributed by atoms with Crippen molar-refractivity contribution in [1.82, 2.24) is 9.97 Å². The summed E-state index contributed by atoms with van der Waals surface area (Å²) >= 11 is 5.67. The van der Waals surface area contributed by atoms with Gasteiger partial charge in [0.1, 0.15) is 12.1 Å². The predicted octanol–water partition coefficient (Wildman–Crippen LogP) is 2.09. The van der Waals surface area contributed by atoms with Crippen LogP contribution in [0.2, 0.25) is 5.02 Å². The molecule has 0 spiro atoms. The van der Waals surface area contributed by atoms with Crippen LogP contribution in [0.25, 0.3) is 0 Å². The van der Waals surface area contributed by atoms with E-state index in [1.165, 1.54) is 36.9 Å². The molecule has 0 atom stereocenters. The maximum Gasteiger partial charge on any atom is 0.259 e. The zero-order valence-electron chi connectivity index (χ0n) is 8.59. The Balaban J connectivity index is 2.21. The summed E-state index contributed by atoms with van der Waals surface area (Å²) in [5.41, 5.74) is 0.588. The lowest BCUT2D eigenvalue weighted by Gasteiger charge is -2.06. The number of hydrogen-bond donors (Lipinski definition) is 2. The van der Waals surface area contributed by atoms with Crippen LogP contribution in [0.3, 0.4) is 0 Å². The zero-order valence-corrected chi connectivity index (χ0v) is 9.35. The van der Waals surface area contributed by atoms with Crippen molar-refractivity contribution in [3.8, 4) is 5.75 Å². The minimum absolute atomic E-state index is 0.137. The highest BCUT2D eigenvalue weighted by Gasteiger charge is 2.11. The molecule has 0 aliphatic carbocycles. The summed E-state index contributed by atoms with van der Waals surface area (Å²) in [6.07, 6.45) is 4.27. The Kier molecular flexibility index (Phi) is 3.20. The lowest BCUT2D eigenvalue weighted by atomic mass is 10.2. The third-order valence-corrected chi connectivity index (χ3v) is 2.26. The van der Waals surface area contributed by atoms with Gasteiger partial charge < -0.3 is 10.4 Å². The first-order valence-corrected chi connectivity index (χ1v) is 5.09. The second-order valence-corrected chi connectivity index (χ2v) is 3.68. The molecule has 0 unspecified atom stereocenters. The van der Waals surface area contributed by atoms with Gasteiger partial charge in [-0.15, -0.1) is 0 Å². The number of hydrogen-bond acceptors (Lipinski definition) is 4. The molecule has 0 aliphatic rings. The Morgan fingerprint density at radius 3 is 2.65 bits per heavy atom. The molecule has 1 heterocycles. The highest BCUT2D eigenvalue weighted by atomic mass is 35.5. The maximum absolute atomic E-state index is 11.8. The smallest absolute Gasteiger partial charge is 0.259 e. The van der Waals surface area contributed by atoms with Gasteiger partial charge in [0, 0.05) is 5.02 Å². The molecule has 17 heavy (non-hydrogen) atoms. The van der Waals surface area contributed by atoms with E-state index in [1.807, 2.05) is 0 Å². The SMILES string of the molecule is O=C(Nc1cncnc1)c1ccc(Cl)cc1O. The number of aromatic nitrogens is 2. The van der Waals surface area contributed by atoms with Crippen molar-refractivity contribution in [2.75, 3.05) is 5.32 Å². The average Bonchev–Trinajstić information content (AvgIpc) is 2.30. The Morgan fingerprint density at radius 2 is 2.00 bits per heavy atom. The average molecular weight is 250 g/mol. The second kappa shape index (κ2) is 4.80. The van der Waals surface area contributed by atoms with E-state index >= 15 is 0 Å². The molecule has 6 heteroatoms. The third kappa shape index (κ3) is 2.70. The zero-order chi connectivity index (χ0) is 12.3. The van der Waals surface area contributed by atoms with E-state index in [4.69, 9.17) is 11.6 Å². The van der Waals surface area contributed by atoms with Gasteiger partial charge in [0.25, 0.3) is 5.91 Å². The summed E-state index contributed by atoms with van der Waals surface area (Å²) < 4.78 is 0. The number of anilines is 1. The summed E-state index contributed by atoms with van der Waals surface area (Å²) in [7, 11) is 0. The van der Waals surface area contributed by atoms with Gasteiger partial charge in [-0.2, -0.15) is 0 Å². The summed E-state index contributed by atoms with van der Waals surface area (Å²) in [6.45, 7) is 0. The fraction of sp³-hybridized carbons (Fsp3) is 0. The molecule has 2 rings (SSSR count). The number of phenolic OH excluding ortho intramolecular Hbond substituents is 1. The quantitative estimate of drug-likeness (QED) is 0.855. The number of amides is 1. The minimum atomic E-state index is -0.450. The minimum Gasteiger partial charge on any atom is -0.507 e. The van der Waals surface area contributed by atoms with Crippen LogP contribution in [0.4, 0.5) is 5.69 Å². The number of phenols is 1. The molecule has 0 fully saturated rings. The molecular formula is C11H8ClN3O2. The normalized spacial score (nSPS) is 9.94. The van der Waals surface area contributed by atoms with Crippen LogP contribution in [-0.2, 0) is 0 Å². The first-order valence-electron chi connectivity index (χ1n) is 4.71. The lowest BCUT2D eigenvalue weighted by Crippen LogP contribution is -2.12. The first-order chi connectivity index (χ1) is 8.16. The van der Waals surface area contributed by atoms with Crippen LogP contribution in [0, 0.1) is 0 Å². The van der Waals surface area contributed by atoms with Crippen molar-refractivity contribution in [2.45, 2.75) is 0 Å². The van der Waals surface area contributed by atoms with E-state index in [2.05, 4.69) is 15.3 Å². The molecule has 0 radical (unpaired) electrons. The number of rotatable bonds is 2. The molecule has 1 aromatic heterocycles. The van der Waals surface area contributed by atoms with Gasteiger partial charge in [-0.25, -0.2) is 9.97 Å². The van der Waals surface area contributed by atoms with E-state index in [1.54, 1.807) is 0 Å². The molecule has 1 amide bonds. The van der Waals surface area contributed by atoms with Gasteiger partial charge in [0.05, 0.1) is 23.6 Å². The van der Waals surface area contributed by atoms with E-state index in [0.717, 1.165) is 0 Å². The summed E-state index contributed by atoms with van der Waals surface area (Å²) in [6, 6.07) is 4.27. The Bertz CT molecular complexity index is 546. The number of carbonyl (C=O) groups excluding carboxylic acids is 1. The van der Waals surface area contributed by atoms with Crippen LogP contribution >= 0.6 is 11.6 Å². The van der Waals surface area contributed by atoms with Crippen molar-refractivity contribution < 1.29 is 9.90 Å². The fourth-order valence-corrected chi connectivity index (χ4v) is 1.43. The van der Waals surface area contributed by atoms with Crippen molar-refractivity contribution in [1.29, 1.82) is 0 Å². The highest BCUT2D eigenvalue weighted by molar-refractivity contribution is 6.30. The van der Waals surface area contributed by atoms with Gasteiger partial charge in [0.15, 0.2) is 0 Å². The molecule has 0 aliphatic heterocycles. The van der Waals surface area contributed by atoms with Crippen molar-refractivity contribution >= 4 is 23.2 Å². The fourth-order valence-electron chi connectivity index (χ4n) is 1.26. The van der Waals surface area contributed by atoms with E-state index in [9.17, 15) is 9.90 Å². The van der Waals surface area contributed by atoms with Crippen LogP contribution in [0.5, 0.6) is 5.75 Å². The summed E-state index contributed by atoms with van der Waals surface area (Å²) in [5, 5.41) is 12.5. The van der Waals surface area contributed by atoms with Gasteiger partial charge in [-0.1, -0.05) is 11.6 Å². The molecule has 0 saturated carbocycles. The molecule has 5 nitrogen and oxygen atoms in total. The van der Waals surface area contributed by atoms with Gasteiger partial charge in [-0.05, 0) is 18.2 Å². The Labute approximate surface area is 102 Å². The van der Waals surface area contributed by atoms with Crippen molar-refractivity contribution in [3.63, 3.8) is 0 Å². The number of benzene rings is 1. The molecule has 0 bridgehead atoms. The highest BCUT2D eigenvalue weighted by Crippen LogP contribution is 2.22. The van der Waals surface area contributed by atoms with E-state index in [-0.39, 0.29) is 11.3 Å². The van der Waals surface area contributed by atoms with Crippen molar-refractivity contribution in [2.24, 2.45) is 0 Å². The molecular weight excluding hydrogens is 242 g/mol. The van der Waals surface area contributed by atoms with E-state index < -0.39 is 5.91 Å². The van der Waals surface area contributed by atoms with Gasteiger partial charge in [-0.3, -0.25) is 4.79 Å². The monoisotopic (exact) mass is 249 g/mol.